The van der Waals surface area contributed by atoms with Crippen LogP contribution in [0, 0.1) is 11.3 Å². The summed E-state index contributed by atoms with van der Waals surface area (Å²) in [6, 6.07) is 21.2. The summed E-state index contributed by atoms with van der Waals surface area (Å²) in [6.45, 7) is 0.214. The molecule has 22 heavy (non-hydrogen) atoms. The normalized spacial score (nSPS) is 10.4. The average molecular weight is 289 g/mol. The fraction of sp³-hybridized carbons (Fsp3) is 0.105. The Balaban J connectivity index is 1.93. The van der Waals surface area contributed by atoms with Crippen LogP contribution in [-0.2, 0) is 13.2 Å². The topological polar surface area (TPSA) is 53.2 Å². The molecule has 0 amide bonds. The maximum atomic E-state index is 9.68. The van der Waals surface area contributed by atoms with Crippen molar-refractivity contribution in [2.24, 2.45) is 0 Å². The predicted octanol–water partition coefficient (Wildman–Crippen LogP) is 3.78. The van der Waals surface area contributed by atoms with Crippen LogP contribution in [0.15, 0.2) is 60.7 Å². The fourth-order valence-electron chi connectivity index (χ4n) is 2.53. The third-order valence-corrected chi connectivity index (χ3v) is 3.68. The first-order valence-electron chi connectivity index (χ1n) is 7.06. The average Bonchev–Trinajstić information content (AvgIpc) is 2.59. The van der Waals surface area contributed by atoms with Crippen LogP contribution < -0.4 is 4.74 Å². The SMILES string of the molecule is N#Cc1ccccc1COc1ccc2ccccc2c1CO. The molecule has 0 aromatic heterocycles. The minimum absolute atomic E-state index is 0.0867. The molecular weight excluding hydrogens is 274 g/mol. The molecule has 0 saturated heterocycles. The van der Waals surface area contributed by atoms with Gasteiger partial charge in [-0.05, 0) is 22.9 Å². The van der Waals surface area contributed by atoms with Crippen LogP contribution in [0.1, 0.15) is 16.7 Å². The van der Waals surface area contributed by atoms with Crippen LogP contribution in [-0.4, -0.2) is 5.11 Å². The Labute approximate surface area is 129 Å². The molecule has 1 N–H and O–H groups in total. The van der Waals surface area contributed by atoms with Gasteiger partial charge in [0.25, 0.3) is 0 Å². The third-order valence-electron chi connectivity index (χ3n) is 3.68. The van der Waals surface area contributed by atoms with Crippen molar-refractivity contribution >= 4 is 10.8 Å². The molecular formula is C19H15NO2. The zero-order valence-electron chi connectivity index (χ0n) is 12.0. The summed E-state index contributed by atoms with van der Waals surface area (Å²) in [4.78, 5) is 0. The van der Waals surface area contributed by atoms with Crippen molar-refractivity contribution in [2.45, 2.75) is 13.2 Å². The minimum atomic E-state index is -0.0867. The second-order valence-electron chi connectivity index (χ2n) is 4.98. The Morgan fingerprint density at radius 2 is 1.73 bits per heavy atom. The van der Waals surface area contributed by atoms with Gasteiger partial charge in [-0.15, -0.1) is 0 Å². The number of rotatable bonds is 4. The van der Waals surface area contributed by atoms with Crippen molar-refractivity contribution in [2.75, 3.05) is 0 Å². The highest BCUT2D eigenvalue weighted by Crippen LogP contribution is 2.28. The van der Waals surface area contributed by atoms with Crippen molar-refractivity contribution < 1.29 is 9.84 Å². The Morgan fingerprint density at radius 3 is 2.55 bits per heavy atom. The van der Waals surface area contributed by atoms with Gasteiger partial charge >= 0.3 is 0 Å². The first-order chi connectivity index (χ1) is 10.8. The van der Waals surface area contributed by atoms with Crippen LogP contribution in [0.4, 0.5) is 0 Å². The van der Waals surface area contributed by atoms with E-state index in [1.165, 1.54) is 0 Å². The number of hydrogen-bond donors (Lipinski definition) is 1. The van der Waals surface area contributed by atoms with E-state index < -0.39 is 0 Å². The van der Waals surface area contributed by atoms with E-state index in [0.29, 0.717) is 17.9 Å². The number of benzene rings is 3. The van der Waals surface area contributed by atoms with E-state index in [1.807, 2.05) is 54.6 Å². The van der Waals surface area contributed by atoms with Gasteiger partial charge in [0.05, 0.1) is 18.2 Å². The molecule has 0 heterocycles. The quantitative estimate of drug-likeness (QED) is 0.795. The molecule has 0 spiro atoms. The summed E-state index contributed by atoms with van der Waals surface area (Å²) in [5.41, 5.74) is 2.21. The Kier molecular flexibility index (Phi) is 4.04. The van der Waals surface area contributed by atoms with E-state index in [0.717, 1.165) is 21.9 Å². The minimum Gasteiger partial charge on any atom is -0.488 e. The lowest BCUT2D eigenvalue weighted by Crippen LogP contribution is -2.01. The summed E-state index contributed by atoms with van der Waals surface area (Å²) >= 11 is 0. The fourth-order valence-corrected chi connectivity index (χ4v) is 2.53. The zero-order valence-corrected chi connectivity index (χ0v) is 12.0. The Morgan fingerprint density at radius 1 is 0.955 bits per heavy atom. The number of ether oxygens (including phenoxy) is 1. The second-order valence-corrected chi connectivity index (χ2v) is 4.98. The van der Waals surface area contributed by atoms with Crippen molar-refractivity contribution in [3.05, 3.63) is 77.4 Å². The van der Waals surface area contributed by atoms with Crippen molar-refractivity contribution in [3.63, 3.8) is 0 Å². The van der Waals surface area contributed by atoms with E-state index >= 15 is 0 Å². The van der Waals surface area contributed by atoms with Crippen LogP contribution in [0.25, 0.3) is 10.8 Å². The van der Waals surface area contributed by atoms with Crippen molar-refractivity contribution in [3.8, 4) is 11.8 Å². The molecule has 0 saturated carbocycles. The van der Waals surface area contributed by atoms with Crippen molar-refractivity contribution in [1.82, 2.24) is 0 Å². The standard InChI is InChI=1S/C19H15NO2/c20-11-15-6-1-2-7-16(15)13-22-19-10-9-14-5-3-4-8-17(14)18(19)12-21/h1-10,21H,12-13H2. The highest BCUT2D eigenvalue weighted by molar-refractivity contribution is 5.87. The van der Waals surface area contributed by atoms with E-state index in [2.05, 4.69) is 6.07 Å². The lowest BCUT2D eigenvalue weighted by Gasteiger charge is -2.13. The van der Waals surface area contributed by atoms with Gasteiger partial charge in [-0.3, -0.25) is 0 Å². The number of aliphatic hydroxyl groups is 1. The molecule has 0 radical (unpaired) electrons. The maximum absolute atomic E-state index is 9.68. The molecule has 3 aromatic carbocycles. The number of nitrogens with zero attached hydrogens (tertiary/aromatic N) is 1. The van der Waals surface area contributed by atoms with Crippen LogP contribution in [0.3, 0.4) is 0 Å². The van der Waals surface area contributed by atoms with Gasteiger partial charge in [0.1, 0.15) is 12.4 Å². The van der Waals surface area contributed by atoms with Gasteiger partial charge in [-0.1, -0.05) is 48.5 Å². The molecule has 0 atom stereocenters. The molecule has 0 aliphatic carbocycles. The number of nitriles is 1. The van der Waals surface area contributed by atoms with Crippen LogP contribution in [0.2, 0.25) is 0 Å². The van der Waals surface area contributed by atoms with Gasteiger partial charge in [0, 0.05) is 11.1 Å². The molecule has 0 unspecified atom stereocenters. The largest absolute Gasteiger partial charge is 0.488 e. The van der Waals surface area contributed by atoms with Crippen LogP contribution >= 0.6 is 0 Å². The molecule has 0 fully saturated rings. The lowest BCUT2D eigenvalue weighted by molar-refractivity contribution is 0.260. The van der Waals surface area contributed by atoms with Crippen molar-refractivity contribution in [1.29, 1.82) is 5.26 Å². The number of fused-ring (bicyclic) bond motifs is 1. The van der Waals surface area contributed by atoms with E-state index in [4.69, 9.17) is 10.00 Å². The molecule has 3 heteroatoms. The highest BCUT2D eigenvalue weighted by atomic mass is 16.5. The van der Waals surface area contributed by atoms with Gasteiger partial charge in [-0.25, -0.2) is 0 Å². The summed E-state index contributed by atoms with van der Waals surface area (Å²) in [5, 5.41) is 20.8. The van der Waals surface area contributed by atoms with E-state index in [9.17, 15) is 5.11 Å². The predicted molar refractivity (Wildman–Crippen MR) is 85.4 cm³/mol. The monoisotopic (exact) mass is 289 g/mol. The highest BCUT2D eigenvalue weighted by Gasteiger charge is 2.09. The summed E-state index contributed by atoms with van der Waals surface area (Å²) in [7, 11) is 0. The lowest BCUT2D eigenvalue weighted by atomic mass is 10.0. The smallest absolute Gasteiger partial charge is 0.125 e. The Bertz CT molecular complexity index is 849. The van der Waals surface area contributed by atoms with E-state index in [1.54, 1.807) is 6.07 Å². The number of aliphatic hydroxyl groups excluding tert-OH is 1. The first-order valence-corrected chi connectivity index (χ1v) is 7.06. The second kappa shape index (κ2) is 6.30. The van der Waals surface area contributed by atoms with Gasteiger partial charge in [0.15, 0.2) is 0 Å². The van der Waals surface area contributed by atoms with E-state index in [-0.39, 0.29) is 6.61 Å². The molecule has 3 aromatic rings. The number of hydrogen-bond acceptors (Lipinski definition) is 3. The van der Waals surface area contributed by atoms with Gasteiger partial charge < -0.3 is 9.84 Å². The molecule has 108 valence electrons. The van der Waals surface area contributed by atoms with Gasteiger partial charge in [-0.2, -0.15) is 5.26 Å². The summed E-state index contributed by atoms with van der Waals surface area (Å²) in [5.74, 6) is 0.647. The molecule has 3 nitrogen and oxygen atoms in total. The molecule has 0 aliphatic rings. The van der Waals surface area contributed by atoms with Gasteiger partial charge in [0.2, 0.25) is 0 Å². The molecule has 0 aliphatic heterocycles. The molecule has 0 bridgehead atoms. The summed E-state index contributed by atoms with van der Waals surface area (Å²) < 4.78 is 5.85. The maximum Gasteiger partial charge on any atom is 0.125 e. The molecule has 3 rings (SSSR count). The Hall–Kier alpha value is -2.83. The zero-order chi connectivity index (χ0) is 15.4. The first kappa shape index (κ1) is 14.1. The summed E-state index contributed by atoms with van der Waals surface area (Å²) in [6.07, 6.45) is 0. The van der Waals surface area contributed by atoms with Crippen LogP contribution in [0.5, 0.6) is 5.75 Å². The third kappa shape index (κ3) is 2.65.